The van der Waals surface area contributed by atoms with E-state index in [1.807, 2.05) is 18.2 Å². The predicted molar refractivity (Wildman–Crippen MR) is 263 cm³/mol. The van der Waals surface area contributed by atoms with Gasteiger partial charge in [0.2, 0.25) is 5.78 Å². The Morgan fingerprint density at radius 2 is 0.630 bits per heavy atom. The molecule has 0 aliphatic rings. The minimum atomic E-state index is -7.22. The van der Waals surface area contributed by atoms with Crippen molar-refractivity contribution in [2.24, 2.45) is 0 Å². The zero-order chi connectivity index (χ0) is 59.6. The van der Waals surface area contributed by atoms with Gasteiger partial charge in [-0.2, -0.15) is 4.57 Å². The van der Waals surface area contributed by atoms with E-state index in [4.69, 9.17) is 0 Å². The van der Waals surface area contributed by atoms with E-state index in [1.165, 1.54) is 89.0 Å². The fraction of sp³-hybridized carbons (Fsp3) is 0.310. The molecule has 7 rings (SSSR count). The molecule has 6 aromatic carbocycles. The number of Topliss-reactive ketones (excluding diaryl/α,β-unsaturated/α-hetero) is 1. The highest BCUT2D eigenvalue weighted by Crippen LogP contribution is 2.31. The highest BCUT2D eigenvalue weighted by atomic mass is 19.2. The Labute approximate surface area is 451 Å². The average molecular weight is 1170 g/mol. The van der Waals surface area contributed by atoms with Gasteiger partial charge in [-0.15, -0.1) is 21.9 Å². The highest BCUT2D eigenvalue weighted by Gasteiger charge is 2.52. The van der Waals surface area contributed by atoms with Crippen LogP contribution < -0.4 is 26.4 Å². The molecule has 0 unspecified atom stereocenters. The van der Waals surface area contributed by atoms with Crippen molar-refractivity contribution in [3.63, 3.8) is 0 Å². The number of nitrogens with zero attached hydrogens (tertiary/aromatic N) is 1. The third-order valence-electron chi connectivity index (χ3n) is 14.1. The highest BCUT2D eigenvalue weighted by molar-refractivity contribution is 7.20. The Morgan fingerprint density at radius 1 is 0.346 bits per heavy atom. The molecule has 0 aliphatic heterocycles. The molecule has 2 nitrogen and oxygen atoms in total. The molecule has 0 bridgehead atoms. The lowest BCUT2D eigenvalue weighted by molar-refractivity contribution is -0.688. The third kappa shape index (κ3) is 12.8. The Kier molecular flexibility index (Phi) is 21.6. The summed E-state index contributed by atoms with van der Waals surface area (Å²) in [6, 6.07) is 20.8. The summed E-state index contributed by atoms with van der Waals surface area (Å²) < 4.78 is 296. The summed E-state index contributed by atoms with van der Waals surface area (Å²) in [4.78, 5) is 13.4. The zero-order valence-electron chi connectivity index (χ0n) is 42.9. The first-order valence-electron chi connectivity index (χ1n) is 25.7. The number of hydrogen-bond donors (Lipinski definition) is 0. The van der Waals surface area contributed by atoms with E-state index in [-0.39, 0.29) is 5.78 Å². The van der Waals surface area contributed by atoms with Crippen LogP contribution in [0.3, 0.4) is 0 Å². The van der Waals surface area contributed by atoms with Gasteiger partial charge in [-0.05, 0) is 17.9 Å². The van der Waals surface area contributed by atoms with Gasteiger partial charge in [-0.25, -0.2) is 87.8 Å². The van der Waals surface area contributed by atoms with Crippen LogP contribution >= 0.6 is 0 Å². The smallest absolute Gasteiger partial charge is 0.256 e. The second kappa shape index (κ2) is 27.7. The van der Waals surface area contributed by atoms with Gasteiger partial charge >= 0.3 is 0 Å². The molecule has 0 amide bonds. The van der Waals surface area contributed by atoms with E-state index < -0.39 is 144 Å². The summed E-state index contributed by atoms with van der Waals surface area (Å²) in [7, 11) is 0. The lowest BCUT2D eigenvalue weighted by Crippen LogP contribution is -2.81. The van der Waals surface area contributed by atoms with Crippen molar-refractivity contribution in [2.45, 2.75) is 116 Å². The summed E-state index contributed by atoms with van der Waals surface area (Å²) in [5.41, 5.74) is -12.2. The Balaban J connectivity index is 0.000000268. The van der Waals surface area contributed by atoms with Crippen LogP contribution in [0.1, 0.15) is 126 Å². The van der Waals surface area contributed by atoms with Gasteiger partial charge in [0.15, 0.2) is 82.5 Å². The van der Waals surface area contributed by atoms with Crippen LogP contribution in [0.25, 0.3) is 10.8 Å². The molecule has 7 aromatic rings. The van der Waals surface area contributed by atoms with Gasteiger partial charge in [0.25, 0.3) is 5.69 Å². The zero-order valence-corrected chi connectivity index (χ0v) is 42.9. The average Bonchev–Trinajstić information content (AvgIpc) is 2.65. The normalized spacial score (nSPS) is 11.7. The molecule has 0 saturated heterocycles. The molecule has 0 spiro atoms. The number of ketones is 1. The van der Waals surface area contributed by atoms with E-state index in [9.17, 15) is 57.5 Å². The number of halogens is 20. The first kappa shape index (κ1) is 63.3. The maximum atomic E-state index is 15.4. The van der Waals surface area contributed by atoms with Gasteiger partial charge in [0.1, 0.15) is 52.7 Å². The molecular formula is C58H48BF20NO. The number of rotatable bonds is 23. The summed E-state index contributed by atoms with van der Waals surface area (Å²) in [5, 5.41) is 2.21. The van der Waals surface area contributed by atoms with Crippen LogP contribution in [0, 0.1) is 116 Å². The molecule has 1 aromatic heterocycles. The summed E-state index contributed by atoms with van der Waals surface area (Å²) in [6.07, 6.45) is 15.7. The van der Waals surface area contributed by atoms with Crippen molar-refractivity contribution in [2.75, 3.05) is 0 Å². The van der Waals surface area contributed by atoms with Crippen LogP contribution in [0.5, 0.6) is 0 Å². The SMILES string of the molecule is CCCCCCCCCCCCCCCCCC(=O)c1c2ccccc2cc[n+]1Cc1ccccc1.Fc1c(F)c(F)c([B-](c2c(F)c(F)c(F)c(F)c2F)(c2c(F)c(F)c(F)c(F)c2F)c2c(F)c(F)c(F)c(F)c2F)c(F)c1F. The number of pyridine rings is 1. The Bertz CT molecular complexity index is 3030. The molecule has 0 atom stereocenters. The second-order valence-corrected chi connectivity index (χ2v) is 19.3. The van der Waals surface area contributed by atoms with Gasteiger partial charge in [-0.1, -0.05) is 145 Å². The maximum Gasteiger partial charge on any atom is 0.256 e. The lowest BCUT2D eigenvalue weighted by Gasteiger charge is -2.44. The van der Waals surface area contributed by atoms with Crippen molar-refractivity contribution in [1.82, 2.24) is 0 Å². The van der Waals surface area contributed by atoms with Gasteiger partial charge in [-0.3, -0.25) is 4.79 Å². The molecule has 0 N–H and O–H groups in total. The molecule has 0 fully saturated rings. The quantitative estimate of drug-likeness (QED) is 0.0119. The predicted octanol–water partition coefficient (Wildman–Crippen LogP) is 15.5. The van der Waals surface area contributed by atoms with Crippen molar-refractivity contribution in [1.29, 1.82) is 0 Å². The number of hydrogen-bond acceptors (Lipinski definition) is 1. The standard InChI is InChI=1S/C34H48NO.C24BF20/c1-2-3-4-5-6-7-8-9-10-11-12-13-14-15-19-26-33(36)34-32-25-21-20-24-31(32)27-28-35(34)29-30-22-17-16-18-23-30;26-5-1(6(27)14(35)21(42)13(5)34)25(2-7(28)15(36)22(43)16(37)8(2)29,3-9(30)17(38)23(44)18(39)10(3)31)4-11(32)19(40)24(45)20(41)12(4)33/h16-18,20-25,27-28H,2-15,19,26,29H2,1H3;/q+1;-1. The molecule has 1 heterocycles. The maximum absolute atomic E-state index is 15.4. The Hall–Kier alpha value is -6.94. The van der Waals surface area contributed by atoms with Gasteiger partial charge < -0.3 is 0 Å². The molecule has 23 heteroatoms. The van der Waals surface area contributed by atoms with Gasteiger partial charge in [0, 0.05) is 18.1 Å². The molecule has 0 radical (unpaired) electrons. The summed E-state index contributed by atoms with van der Waals surface area (Å²) in [5.74, 6) is -71.1. The fourth-order valence-electron chi connectivity index (χ4n) is 10.1. The number of aromatic nitrogens is 1. The van der Waals surface area contributed by atoms with E-state index in [0.29, 0.717) is 6.42 Å². The summed E-state index contributed by atoms with van der Waals surface area (Å²) in [6.45, 7) is 3.01. The van der Waals surface area contributed by atoms with E-state index >= 15 is 35.1 Å². The van der Waals surface area contributed by atoms with Crippen LogP contribution in [0.2, 0.25) is 0 Å². The van der Waals surface area contributed by atoms with Crippen LogP contribution in [0.15, 0.2) is 66.9 Å². The number of benzene rings is 6. The van der Waals surface area contributed by atoms with Crippen molar-refractivity contribution < 1.29 is 97.2 Å². The van der Waals surface area contributed by atoms with E-state index in [1.54, 1.807) is 0 Å². The van der Waals surface area contributed by atoms with E-state index in [0.717, 1.165) is 35.9 Å². The number of fused-ring (bicyclic) bond motifs is 1. The van der Waals surface area contributed by atoms with Crippen molar-refractivity contribution in [3.05, 3.63) is 194 Å². The first-order chi connectivity index (χ1) is 38.5. The van der Waals surface area contributed by atoms with Gasteiger partial charge in [0.05, 0.1) is 5.39 Å². The molecule has 434 valence electrons. The molecule has 0 saturated carbocycles. The fourth-order valence-corrected chi connectivity index (χ4v) is 10.1. The van der Waals surface area contributed by atoms with Crippen LogP contribution in [0.4, 0.5) is 87.8 Å². The van der Waals surface area contributed by atoms with E-state index in [2.05, 4.69) is 60.2 Å². The van der Waals surface area contributed by atoms with Crippen molar-refractivity contribution in [3.8, 4) is 0 Å². The van der Waals surface area contributed by atoms with Crippen LogP contribution in [-0.4, -0.2) is 11.9 Å². The van der Waals surface area contributed by atoms with Crippen molar-refractivity contribution >= 4 is 44.6 Å². The number of carbonyl (C=O) groups is 1. The summed E-state index contributed by atoms with van der Waals surface area (Å²) >= 11 is 0. The topological polar surface area (TPSA) is 20.9 Å². The number of unbranched alkanes of at least 4 members (excludes halogenated alkanes) is 14. The molecule has 0 aliphatic carbocycles. The largest absolute Gasteiger partial charge is 0.287 e. The number of carbonyl (C=O) groups excluding carboxylic acids is 1. The Morgan fingerprint density at radius 3 is 0.963 bits per heavy atom. The minimum absolute atomic E-state index is 0.275. The first-order valence-corrected chi connectivity index (χ1v) is 25.7. The second-order valence-electron chi connectivity index (χ2n) is 19.3. The van der Waals surface area contributed by atoms with Crippen LogP contribution in [-0.2, 0) is 6.54 Å². The molecular weight excluding hydrogens is 1120 g/mol. The lowest BCUT2D eigenvalue weighted by atomic mass is 9.12. The molecule has 81 heavy (non-hydrogen) atoms. The minimum Gasteiger partial charge on any atom is -0.287 e. The third-order valence-corrected chi connectivity index (χ3v) is 14.1. The monoisotopic (exact) mass is 1170 g/mol.